The van der Waals surface area contributed by atoms with Crippen molar-refractivity contribution < 1.29 is 9.53 Å². The van der Waals surface area contributed by atoms with Crippen LogP contribution in [-0.4, -0.2) is 13.1 Å². The predicted octanol–water partition coefficient (Wildman–Crippen LogP) is 1.84. The van der Waals surface area contributed by atoms with E-state index >= 15 is 0 Å². The number of halogens is 1. The highest BCUT2D eigenvalue weighted by atomic mass is 35.5. The van der Waals surface area contributed by atoms with E-state index in [0.29, 0.717) is 6.42 Å². The van der Waals surface area contributed by atoms with Crippen molar-refractivity contribution in [3.8, 4) is 0 Å². The highest BCUT2D eigenvalue weighted by molar-refractivity contribution is 5.85. The molecule has 2 N–H and O–H groups in total. The predicted molar refractivity (Wildman–Crippen MR) is 64.4 cm³/mol. The summed E-state index contributed by atoms with van der Waals surface area (Å²) < 4.78 is 4.76. The lowest BCUT2D eigenvalue weighted by molar-refractivity contribution is -0.146. The van der Waals surface area contributed by atoms with Crippen LogP contribution in [0.1, 0.15) is 23.6 Å². The molecule has 0 bridgehead atoms. The number of hydrogen-bond donors (Lipinski definition) is 1. The first-order valence-corrected chi connectivity index (χ1v) is 5.13. The molecule has 0 radical (unpaired) electrons. The number of benzene rings is 1. The highest BCUT2D eigenvalue weighted by Gasteiger charge is 2.29. The summed E-state index contributed by atoms with van der Waals surface area (Å²) in [6, 6.07) is 7.99. The van der Waals surface area contributed by atoms with Crippen LogP contribution in [0.15, 0.2) is 24.3 Å². The summed E-state index contributed by atoms with van der Waals surface area (Å²) in [5.74, 6) is -0.236. The lowest BCUT2D eigenvalue weighted by Crippen LogP contribution is -2.29. The lowest BCUT2D eigenvalue weighted by Gasteiger charge is -2.27. The fraction of sp³-hybridized carbons (Fsp3) is 0.417. The zero-order chi connectivity index (χ0) is 10.8. The van der Waals surface area contributed by atoms with Gasteiger partial charge in [0, 0.05) is 6.04 Å². The molecule has 0 spiro atoms. The minimum atomic E-state index is -0.153. The minimum absolute atomic E-state index is 0. The smallest absolute Gasteiger partial charge is 0.309 e. The third-order valence-corrected chi connectivity index (χ3v) is 2.99. The van der Waals surface area contributed by atoms with Gasteiger partial charge in [-0.05, 0) is 24.0 Å². The first kappa shape index (κ1) is 13.0. The molecule has 2 atom stereocenters. The van der Waals surface area contributed by atoms with Gasteiger partial charge in [0.2, 0.25) is 0 Å². The highest BCUT2D eigenvalue weighted by Crippen LogP contribution is 2.31. The zero-order valence-corrected chi connectivity index (χ0v) is 10.00. The van der Waals surface area contributed by atoms with Crippen molar-refractivity contribution in [3.63, 3.8) is 0 Å². The Kier molecular flexibility index (Phi) is 4.33. The maximum atomic E-state index is 11.4. The molecule has 1 aliphatic carbocycles. The van der Waals surface area contributed by atoms with Gasteiger partial charge in [-0.1, -0.05) is 24.3 Å². The van der Waals surface area contributed by atoms with Gasteiger partial charge in [0.05, 0.1) is 13.0 Å². The summed E-state index contributed by atoms with van der Waals surface area (Å²) in [5, 5.41) is 0. The summed E-state index contributed by atoms with van der Waals surface area (Å²) in [6.07, 6.45) is 1.43. The Morgan fingerprint density at radius 3 is 2.81 bits per heavy atom. The molecule has 0 aliphatic heterocycles. The van der Waals surface area contributed by atoms with Crippen molar-refractivity contribution in [3.05, 3.63) is 35.4 Å². The maximum Gasteiger partial charge on any atom is 0.309 e. The number of ether oxygens (including phenoxy) is 1. The molecule has 1 aliphatic rings. The number of carbonyl (C=O) groups is 1. The number of rotatable bonds is 1. The number of nitrogens with two attached hydrogens (primary N) is 1. The van der Waals surface area contributed by atoms with Crippen LogP contribution >= 0.6 is 12.4 Å². The normalized spacial score (nSPS) is 22.9. The molecule has 1 aromatic carbocycles. The second-order valence-electron chi connectivity index (χ2n) is 3.97. The number of hydrogen-bond acceptors (Lipinski definition) is 3. The third kappa shape index (κ3) is 2.36. The molecule has 16 heavy (non-hydrogen) atoms. The first-order chi connectivity index (χ1) is 7.22. The molecule has 2 rings (SSSR count). The summed E-state index contributed by atoms with van der Waals surface area (Å²) >= 11 is 0. The van der Waals surface area contributed by atoms with E-state index in [9.17, 15) is 4.79 Å². The second-order valence-corrected chi connectivity index (χ2v) is 3.97. The van der Waals surface area contributed by atoms with E-state index in [1.54, 1.807) is 0 Å². The Hall–Kier alpha value is -1.06. The lowest BCUT2D eigenvalue weighted by atomic mass is 9.81. The fourth-order valence-electron chi connectivity index (χ4n) is 2.21. The van der Waals surface area contributed by atoms with Crippen molar-refractivity contribution in [1.29, 1.82) is 0 Å². The number of fused-ring (bicyclic) bond motifs is 1. The Balaban J connectivity index is 0.00000128. The van der Waals surface area contributed by atoms with Crippen molar-refractivity contribution in [2.45, 2.75) is 18.9 Å². The van der Waals surface area contributed by atoms with Crippen LogP contribution in [-0.2, 0) is 16.0 Å². The summed E-state index contributed by atoms with van der Waals surface area (Å²) in [4.78, 5) is 11.4. The summed E-state index contributed by atoms with van der Waals surface area (Å²) in [5.41, 5.74) is 8.36. The molecule has 0 amide bonds. The van der Waals surface area contributed by atoms with Gasteiger partial charge in [-0.25, -0.2) is 0 Å². The van der Waals surface area contributed by atoms with Crippen LogP contribution < -0.4 is 5.73 Å². The van der Waals surface area contributed by atoms with E-state index < -0.39 is 0 Å². The Labute approximate surface area is 101 Å². The van der Waals surface area contributed by atoms with Crippen LogP contribution in [0.25, 0.3) is 0 Å². The molecule has 0 saturated carbocycles. The van der Waals surface area contributed by atoms with Gasteiger partial charge in [-0.3, -0.25) is 4.79 Å². The summed E-state index contributed by atoms with van der Waals surface area (Å²) in [6.45, 7) is 0. The topological polar surface area (TPSA) is 52.3 Å². The molecule has 0 saturated heterocycles. The average molecular weight is 242 g/mol. The molecular formula is C12H16ClNO2. The standard InChI is InChI=1S/C12H15NO2.ClH/c1-15-12(14)9-6-8-4-2-3-5-10(8)11(13)7-9;/h2-5,9,11H,6-7,13H2,1H3;1H/t9-,11+;/m1./s1. The number of methoxy groups -OCH3 is 1. The van der Waals surface area contributed by atoms with Crippen LogP contribution in [0.2, 0.25) is 0 Å². The third-order valence-electron chi connectivity index (χ3n) is 2.99. The molecule has 3 nitrogen and oxygen atoms in total. The maximum absolute atomic E-state index is 11.4. The van der Waals surface area contributed by atoms with Crippen LogP contribution in [0.3, 0.4) is 0 Å². The van der Waals surface area contributed by atoms with E-state index in [-0.39, 0.29) is 30.3 Å². The SMILES string of the molecule is COC(=O)[C@@H]1Cc2ccccc2[C@@H](N)C1.Cl. The van der Waals surface area contributed by atoms with E-state index in [0.717, 1.165) is 12.0 Å². The van der Waals surface area contributed by atoms with E-state index in [2.05, 4.69) is 0 Å². The van der Waals surface area contributed by atoms with Crippen molar-refractivity contribution in [1.82, 2.24) is 0 Å². The van der Waals surface area contributed by atoms with E-state index in [1.165, 1.54) is 12.7 Å². The van der Waals surface area contributed by atoms with Crippen molar-refractivity contribution in [2.24, 2.45) is 11.7 Å². The molecule has 88 valence electrons. The van der Waals surface area contributed by atoms with Gasteiger partial charge in [0.1, 0.15) is 0 Å². The largest absolute Gasteiger partial charge is 0.469 e. The molecule has 0 fully saturated rings. The quantitative estimate of drug-likeness (QED) is 0.764. The van der Waals surface area contributed by atoms with Crippen molar-refractivity contribution >= 4 is 18.4 Å². The summed E-state index contributed by atoms with van der Waals surface area (Å²) in [7, 11) is 1.42. The molecule has 0 aromatic heterocycles. The fourth-order valence-corrected chi connectivity index (χ4v) is 2.21. The molecular weight excluding hydrogens is 226 g/mol. The average Bonchev–Trinajstić information content (AvgIpc) is 2.28. The number of carbonyl (C=O) groups excluding carboxylic acids is 1. The molecule has 0 unspecified atom stereocenters. The molecule has 1 aromatic rings. The van der Waals surface area contributed by atoms with E-state index in [1.807, 2.05) is 24.3 Å². The Morgan fingerprint density at radius 2 is 2.12 bits per heavy atom. The Morgan fingerprint density at radius 1 is 1.44 bits per heavy atom. The number of esters is 1. The second kappa shape index (κ2) is 5.32. The van der Waals surface area contributed by atoms with Crippen molar-refractivity contribution in [2.75, 3.05) is 7.11 Å². The molecule has 0 heterocycles. The zero-order valence-electron chi connectivity index (χ0n) is 9.18. The van der Waals surface area contributed by atoms with Gasteiger partial charge in [-0.2, -0.15) is 0 Å². The van der Waals surface area contributed by atoms with Crippen LogP contribution in [0, 0.1) is 5.92 Å². The van der Waals surface area contributed by atoms with Gasteiger partial charge in [-0.15, -0.1) is 12.4 Å². The monoisotopic (exact) mass is 241 g/mol. The van der Waals surface area contributed by atoms with Gasteiger partial charge in [0.15, 0.2) is 0 Å². The van der Waals surface area contributed by atoms with Crippen LogP contribution in [0.5, 0.6) is 0 Å². The first-order valence-electron chi connectivity index (χ1n) is 5.13. The Bertz CT molecular complexity index is 381. The van der Waals surface area contributed by atoms with Gasteiger partial charge in [0.25, 0.3) is 0 Å². The van der Waals surface area contributed by atoms with Gasteiger partial charge < -0.3 is 10.5 Å². The molecule has 4 heteroatoms. The minimum Gasteiger partial charge on any atom is -0.469 e. The van der Waals surface area contributed by atoms with Crippen LogP contribution in [0.4, 0.5) is 0 Å². The van der Waals surface area contributed by atoms with Gasteiger partial charge >= 0.3 is 5.97 Å². The van der Waals surface area contributed by atoms with E-state index in [4.69, 9.17) is 10.5 Å².